The molecule has 3 aromatic rings. The summed E-state index contributed by atoms with van der Waals surface area (Å²) in [6.45, 7) is 7.71. The molecule has 0 fully saturated rings. The second-order valence-electron chi connectivity index (χ2n) is 7.72. The number of carbonyl (C=O) groups excluding carboxylic acids is 2. The van der Waals surface area contributed by atoms with Crippen LogP contribution in [0.15, 0.2) is 61.2 Å². The van der Waals surface area contributed by atoms with Crippen LogP contribution in [0.3, 0.4) is 0 Å². The molecule has 30 heavy (non-hydrogen) atoms. The van der Waals surface area contributed by atoms with Crippen LogP contribution in [-0.2, 0) is 4.79 Å². The highest BCUT2D eigenvalue weighted by Gasteiger charge is 2.26. The third-order valence-electron chi connectivity index (χ3n) is 4.98. The first-order valence-corrected chi connectivity index (χ1v) is 9.98. The molecule has 0 radical (unpaired) electrons. The van der Waals surface area contributed by atoms with Gasteiger partial charge in [0.05, 0.1) is 11.7 Å². The molecular formula is C23H27N5O2. The number of aryl methyl sites for hydroxylation is 1. The largest absolute Gasteiger partial charge is 0.348 e. The zero-order valence-electron chi connectivity index (χ0n) is 17.7. The second-order valence-corrected chi connectivity index (χ2v) is 7.72. The van der Waals surface area contributed by atoms with Crippen LogP contribution >= 0.6 is 0 Å². The lowest BCUT2D eigenvalue weighted by molar-refractivity contribution is -0.124. The van der Waals surface area contributed by atoms with Crippen LogP contribution in [0.5, 0.6) is 0 Å². The Bertz CT molecular complexity index is 979. The molecule has 0 aliphatic rings. The van der Waals surface area contributed by atoms with Crippen LogP contribution in [0.1, 0.15) is 48.3 Å². The van der Waals surface area contributed by atoms with Gasteiger partial charge in [0.15, 0.2) is 0 Å². The zero-order chi connectivity index (χ0) is 21.7. The summed E-state index contributed by atoms with van der Waals surface area (Å²) in [7, 11) is 0. The van der Waals surface area contributed by atoms with E-state index in [1.807, 2.05) is 64.1 Å². The van der Waals surface area contributed by atoms with Gasteiger partial charge in [-0.2, -0.15) is 5.10 Å². The summed E-state index contributed by atoms with van der Waals surface area (Å²) in [5.74, 6) is -0.520. The number of rotatable bonds is 7. The van der Waals surface area contributed by atoms with Gasteiger partial charge in [-0.05, 0) is 49.6 Å². The van der Waals surface area contributed by atoms with Crippen LogP contribution in [0, 0.1) is 12.8 Å². The molecule has 0 aliphatic carbocycles. The van der Waals surface area contributed by atoms with Crippen molar-refractivity contribution >= 4 is 11.8 Å². The van der Waals surface area contributed by atoms with Gasteiger partial charge in [0, 0.05) is 5.56 Å². The molecule has 7 heteroatoms. The fraction of sp³-hybridized carbons (Fsp3) is 0.304. The summed E-state index contributed by atoms with van der Waals surface area (Å²) >= 11 is 0. The number of carbonyl (C=O) groups is 2. The minimum atomic E-state index is -0.629. The minimum Gasteiger partial charge on any atom is -0.348 e. The highest BCUT2D eigenvalue weighted by atomic mass is 16.2. The van der Waals surface area contributed by atoms with Gasteiger partial charge in [-0.25, -0.2) is 9.67 Å². The number of benzene rings is 2. The van der Waals surface area contributed by atoms with E-state index < -0.39 is 6.04 Å². The summed E-state index contributed by atoms with van der Waals surface area (Å²) in [5.41, 5.74) is 3.46. The van der Waals surface area contributed by atoms with Gasteiger partial charge in [0.2, 0.25) is 5.91 Å². The molecule has 1 heterocycles. The quantitative estimate of drug-likeness (QED) is 0.632. The third-order valence-corrected chi connectivity index (χ3v) is 4.98. The Labute approximate surface area is 176 Å². The topological polar surface area (TPSA) is 88.9 Å². The molecular weight excluding hydrogens is 378 g/mol. The minimum absolute atomic E-state index is 0.0544. The Morgan fingerprint density at radius 2 is 1.60 bits per heavy atom. The van der Waals surface area contributed by atoms with Crippen molar-refractivity contribution in [3.8, 4) is 5.69 Å². The summed E-state index contributed by atoms with van der Waals surface area (Å²) < 4.78 is 1.67. The van der Waals surface area contributed by atoms with E-state index in [1.54, 1.807) is 23.1 Å². The maximum absolute atomic E-state index is 12.9. The first kappa shape index (κ1) is 21.2. The molecule has 0 saturated heterocycles. The van der Waals surface area contributed by atoms with Gasteiger partial charge in [-0.3, -0.25) is 9.59 Å². The van der Waals surface area contributed by atoms with Crippen molar-refractivity contribution in [1.29, 1.82) is 0 Å². The molecule has 3 rings (SSSR count). The number of hydrogen-bond donors (Lipinski definition) is 2. The van der Waals surface area contributed by atoms with Crippen LogP contribution in [-0.4, -0.2) is 32.6 Å². The Hall–Kier alpha value is -3.48. The molecule has 0 spiro atoms. The molecule has 2 N–H and O–H groups in total. The lowest BCUT2D eigenvalue weighted by Crippen LogP contribution is -2.50. The van der Waals surface area contributed by atoms with Gasteiger partial charge in [0.1, 0.15) is 18.7 Å². The lowest BCUT2D eigenvalue weighted by Gasteiger charge is -2.24. The van der Waals surface area contributed by atoms with Crippen molar-refractivity contribution in [2.24, 2.45) is 5.92 Å². The Morgan fingerprint density at radius 1 is 0.933 bits per heavy atom. The van der Waals surface area contributed by atoms with Crippen LogP contribution < -0.4 is 10.6 Å². The second kappa shape index (κ2) is 9.35. The molecule has 156 valence electrons. The Kier molecular flexibility index (Phi) is 6.61. The first-order valence-electron chi connectivity index (χ1n) is 9.98. The van der Waals surface area contributed by atoms with Crippen molar-refractivity contribution in [3.05, 3.63) is 77.9 Å². The molecule has 2 atom stereocenters. The van der Waals surface area contributed by atoms with Gasteiger partial charge in [0.25, 0.3) is 5.91 Å². The predicted octanol–water partition coefficient (Wildman–Crippen LogP) is 3.21. The molecule has 0 bridgehead atoms. The average Bonchev–Trinajstić information content (AvgIpc) is 3.27. The van der Waals surface area contributed by atoms with E-state index >= 15 is 0 Å². The van der Waals surface area contributed by atoms with E-state index in [9.17, 15) is 9.59 Å². The number of aromatic nitrogens is 3. The van der Waals surface area contributed by atoms with Crippen molar-refractivity contribution in [2.75, 3.05) is 0 Å². The lowest BCUT2D eigenvalue weighted by atomic mass is 10.0. The van der Waals surface area contributed by atoms with Gasteiger partial charge >= 0.3 is 0 Å². The van der Waals surface area contributed by atoms with E-state index in [2.05, 4.69) is 20.7 Å². The van der Waals surface area contributed by atoms with Crippen LogP contribution in [0.25, 0.3) is 5.69 Å². The summed E-state index contributed by atoms with van der Waals surface area (Å²) in [4.78, 5) is 29.4. The van der Waals surface area contributed by atoms with Gasteiger partial charge in [-0.15, -0.1) is 0 Å². The number of nitrogens with zero attached hydrogens (tertiary/aromatic N) is 3. The van der Waals surface area contributed by atoms with Crippen LogP contribution in [0.2, 0.25) is 0 Å². The zero-order valence-corrected chi connectivity index (χ0v) is 17.7. The molecule has 0 aliphatic heterocycles. The molecule has 2 aromatic carbocycles. The SMILES string of the molecule is Cc1ccc(C(=O)NC(C(=O)NC(C)c2ccc(-n3cncn3)cc2)C(C)C)cc1. The molecule has 1 aromatic heterocycles. The number of hydrogen-bond acceptors (Lipinski definition) is 4. The normalized spacial score (nSPS) is 13.0. The van der Waals surface area contributed by atoms with Gasteiger partial charge < -0.3 is 10.6 Å². The van der Waals surface area contributed by atoms with E-state index in [-0.39, 0.29) is 23.8 Å². The first-order chi connectivity index (χ1) is 14.3. The van der Waals surface area contributed by atoms with Crippen molar-refractivity contribution in [3.63, 3.8) is 0 Å². The average molecular weight is 406 g/mol. The maximum atomic E-state index is 12.9. The number of nitrogens with one attached hydrogen (secondary N) is 2. The summed E-state index contributed by atoms with van der Waals surface area (Å²) in [6.07, 6.45) is 3.11. The molecule has 0 saturated carbocycles. The van der Waals surface area contributed by atoms with E-state index in [0.717, 1.165) is 16.8 Å². The molecule has 2 amide bonds. The standard InChI is InChI=1S/C23H27N5O2/c1-15(2)21(27-22(29)19-7-5-16(3)6-8-19)23(30)26-17(4)18-9-11-20(12-10-18)28-14-24-13-25-28/h5-15,17,21H,1-4H3,(H,26,30)(H,27,29). The Morgan fingerprint density at radius 3 is 2.17 bits per heavy atom. The van der Waals surface area contributed by atoms with Crippen molar-refractivity contribution in [1.82, 2.24) is 25.4 Å². The molecule has 2 unspecified atom stereocenters. The van der Waals surface area contributed by atoms with E-state index in [4.69, 9.17) is 0 Å². The fourth-order valence-electron chi connectivity index (χ4n) is 3.11. The smallest absolute Gasteiger partial charge is 0.251 e. The third kappa shape index (κ3) is 5.11. The van der Waals surface area contributed by atoms with Crippen molar-refractivity contribution in [2.45, 2.75) is 39.8 Å². The Balaban J connectivity index is 1.65. The summed E-state index contributed by atoms with van der Waals surface area (Å²) in [6, 6.07) is 14.2. The van der Waals surface area contributed by atoms with E-state index in [0.29, 0.717) is 5.56 Å². The van der Waals surface area contributed by atoms with Crippen LogP contribution in [0.4, 0.5) is 0 Å². The van der Waals surface area contributed by atoms with Gasteiger partial charge in [-0.1, -0.05) is 43.7 Å². The summed E-state index contributed by atoms with van der Waals surface area (Å²) in [5, 5.41) is 9.98. The monoisotopic (exact) mass is 405 g/mol. The highest BCUT2D eigenvalue weighted by Crippen LogP contribution is 2.16. The highest BCUT2D eigenvalue weighted by molar-refractivity contribution is 5.97. The predicted molar refractivity (Wildman–Crippen MR) is 115 cm³/mol. The number of amides is 2. The van der Waals surface area contributed by atoms with Crippen molar-refractivity contribution < 1.29 is 9.59 Å². The maximum Gasteiger partial charge on any atom is 0.251 e. The van der Waals surface area contributed by atoms with E-state index in [1.165, 1.54) is 6.33 Å². The molecule has 7 nitrogen and oxygen atoms in total. The fourth-order valence-corrected chi connectivity index (χ4v) is 3.11.